The first-order chi connectivity index (χ1) is 11.3. The standard InChI is InChI=1S/C20H21NOS/c1-16-7-9-17(10-8-16)15-22-19-5-2-4-18(12-19)13-21-14-20-6-3-11-23-20/h2-12,21H,13-15H2,1H3. The average Bonchev–Trinajstić information content (AvgIpc) is 3.08. The van der Waals surface area contributed by atoms with Crippen LogP contribution in [0.5, 0.6) is 5.75 Å². The Bertz CT molecular complexity index is 720. The van der Waals surface area contributed by atoms with Gasteiger partial charge in [0, 0.05) is 18.0 Å². The summed E-state index contributed by atoms with van der Waals surface area (Å²) >= 11 is 1.78. The summed E-state index contributed by atoms with van der Waals surface area (Å²) in [7, 11) is 0. The van der Waals surface area contributed by atoms with Gasteiger partial charge >= 0.3 is 0 Å². The minimum atomic E-state index is 0.604. The lowest BCUT2D eigenvalue weighted by Crippen LogP contribution is -2.11. The highest BCUT2D eigenvalue weighted by Gasteiger charge is 1.99. The first-order valence-corrected chi connectivity index (χ1v) is 8.68. The largest absolute Gasteiger partial charge is 0.489 e. The van der Waals surface area contributed by atoms with E-state index in [9.17, 15) is 0 Å². The number of nitrogens with one attached hydrogen (secondary N) is 1. The third-order valence-electron chi connectivity index (χ3n) is 3.63. The highest BCUT2D eigenvalue weighted by molar-refractivity contribution is 7.09. The van der Waals surface area contributed by atoms with Crippen molar-refractivity contribution in [2.75, 3.05) is 0 Å². The number of rotatable bonds is 7. The van der Waals surface area contributed by atoms with Gasteiger partial charge in [-0.25, -0.2) is 0 Å². The summed E-state index contributed by atoms with van der Waals surface area (Å²) in [5.41, 5.74) is 3.70. The van der Waals surface area contributed by atoms with Gasteiger partial charge in [-0.1, -0.05) is 48.0 Å². The zero-order valence-corrected chi connectivity index (χ0v) is 14.1. The second-order valence-corrected chi connectivity index (χ2v) is 6.64. The summed E-state index contributed by atoms with van der Waals surface area (Å²) in [6.07, 6.45) is 0. The van der Waals surface area contributed by atoms with Crippen LogP contribution < -0.4 is 10.1 Å². The quantitative estimate of drug-likeness (QED) is 0.666. The normalized spacial score (nSPS) is 10.7. The summed E-state index contributed by atoms with van der Waals surface area (Å²) in [6.45, 7) is 4.45. The van der Waals surface area contributed by atoms with Crippen LogP contribution in [0.2, 0.25) is 0 Å². The predicted molar refractivity (Wildman–Crippen MR) is 96.8 cm³/mol. The van der Waals surface area contributed by atoms with Crippen LogP contribution in [-0.4, -0.2) is 0 Å². The van der Waals surface area contributed by atoms with E-state index in [1.807, 2.05) is 12.1 Å². The molecule has 1 heterocycles. The van der Waals surface area contributed by atoms with Gasteiger partial charge in [0.2, 0.25) is 0 Å². The molecule has 0 amide bonds. The average molecular weight is 323 g/mol. The second kappa shape index (κ2) is 7.95. The minimum Gasteiger partial charge on any atom is -0.489 e. The van der Waals surface area contributed by atoms with Crippen LogP contribution in [0.3, 0.4) is 0 Å². The zero-order valence-electron chi connectivity index (χ0n) is 13.3. The minimum absolute atomic E-state index is 0.604. The van der Waals surface area contributed by atoms with E-state index >= 15 is 0 Å². The molecule has 1 N–H and O–H groups in total. The van der Waals surface area contributed by atoms with Crippen LogP contribution in [0.1, 0.15) is 21.6 Å². The molecule has 0 saturated heterocycles. The highest BCUT2D eigenvalue weighted by Crippen LogP contribution is 2.16. The molecule has 118 valence electrons. The van der Waals surface area contributed by atoms with Gasteiger partial charge < -0.3 is 10.1 Å². The lowest BCUT2D eigenvalue weighted by molar-refractivity contribution is 0.306. The van der Waals surface area contributed by atoms with Crippen LogP contribution in [0, 0.1) is 6.92 Å². The number of hydrogen-bond donors (Lipinski definition) is 1. The molecule has 0 aliphatic rings. The van der Waals surface area contributed by atoms with E-state index in [1.165, 1.54) is 21.6 Å². The van der Waals surface area contributed by atoms with Crippen LogP contribution in [0.4, 0.5) is 0 Å². The van der Waals surface area contributed by atoms with Crippen LogP contribution >= 0.6 is 11.3 Å². The molecule has 3 rings (SSSR count). The van der Waals surface area contributed by atoms with Gasteiger partial charge in [-0.05, 0) is 41.6 Å². The van der Waals surface area contributed by atoms with Crippen molar-refractivity contribution >= 4 is 11.3 Å². The monoisotopic (exact) mass is 323 g/mol. The van der Waals surface area contributed by atoms with Crippen molar-refractivity contribution in [1.82, 2.24) is 5.32 Å². The van der Waals surface area contributed by atoms with Crippen LogP contribution in [0.25, 0.3) is 0 Å². The van der Waals surface area contributed by atoms with Gasteiger partial charge in [0.05, 0.1) is 0 Å². The molecule has 23 heavy (non-hydrogen) atoms. The fraction of sp³-hybridized carbons (Fsp3) is 0.200. The molecule has 0 fully saturated rings. The molecular weight excluding hydrogens is 302 g/mol. The third kappa shape index (κ3) is 4.95. The Balaban J connectivity index is 1.51. The van der Waals surface area contributed by atoms with Crippen molar-refractivity contribution in [3.8, 4) is 5.75 Å². The number of aryl methyl sites for hydroxylation is 1. The van der Waals surface area contributed by atoms with Gasteiger partial charge in [-0.2, -0.15) is 0 Å². The Morgan fingerprint density at radius 1 is 0.913 bits per heavy atom. The first kappa shape index (κ1) is 15.8. The van der Waals surface area contributed by atoms with E-state index in [0.29, 0.717) is 6.61 Å². The molecule has 0 unspecified atom stereocenters. The molecule has 0 aliphatic carbocycles. The topological polar surface area (TPSA) is 21.3 Å². The number of benzene rings is 2. The number of hydrogen-bond acceptors (Lipinski definition) is 3. The van der Waals surface area contributed by atoms with Crippen LogP contribution in [-0.2, 0) is 19.7 Å². The Morgan fingerprint density at radius 2 is 1.78 bits per heavy atom. The Kier molecular flexibility index (Phi) is 5.46. The maximum absolute atomic E-state index is 5.90. The van der Waals surface area contributed by atoms with Gasteiger partial charge in [-0.15, -0.1) is 11.3 Å². The molecule has 0 aliphatic heterocycles. The second-order valence-electron chi connectivity index (χ2n) is 5.60. The van der Waals surface area contributed by atoms with E-state index in [1.54, 1.807) is 11.3 Å². The molecule has 1 aromatic heterocycles. The fourth-order valence-corrected chi connectivity index (χ4v) is 3.01. The SMILES string of the molecule is Cc1ccc(COc2cccc(CNCc3cccs3)c2)cc1. The predicted octanol–water partition coefficient (Wildman–Crippen LogP) is 4.93. The van der Waals surface area contributed by atoms with E-state index < -0.39 is 0 Å². The summed E-state index contributed by atoms with van der Waals surface area (Å²) in [5.74, 6) is 0.918. The summed E-state index contributed by atoms with van der Waals surface area (Å²) in [5, 5.41) is 5.57. The number of thiophene rings is 1. The molecule has 0 saturated carbocycles. The Hall–Kier alpha value is -2.10. The molecule has 3 aromatic rings. The summed E-state index contributed by atoms with van der Waals surface area (Å²) < 4.78 is 5.90. The van der Waals surface area contributed by atoms with Crippen molar-refractivity contribution in [2.24, 2.45) is 0 Å². The van der Waals surface area contributed by atoms with Crippen molar-refractivity contribution < 1.29 is 4.74 Å². The molecule has 2 nitrogen and oxygen atoms in total. The van der Waals surface area contributed by atoms with E-state index in [-0.39, 0.29) is 0 Å². The summed E-state index contributed by atoms with van der Waals surface area (Å²) in [6, 6.07) is 21.0. The van der Waals surface area contributed by atoms with E-state index in [4.69, 9.17) is 4.74 Å². The molecular formula is C20H21NOS. The fourth-order valence-electron chi connectivity index (χ4n) is 2.34. The maximum atomic E-state index is 5.90. The lowest BCUT2D eigenvalue weighted by atomic mass is 10.2. The van der Waals surface area contributed by atoms with E-state index in [2.05, 4.69) is 66.2 Å². The Labute approximate surface area is 141 Å². The van der Waals surface area contributed by atoms with Gasteiger partial charge in [0.25, 0.3) is 0 Å². The third-order valence-corrected chi connectivity index (χ3v) is 4.51. The Morgan fingerprint density at radius 3 is 2.57 bits per heavy atom. The molecule has 2 aromatic carbocycles. The van der Waals surface area contributed by atoms with Crippen molar-refractivity contribution in [3.63, 3.8) is 0 Å². The number of ether oxygens (including phenoxy) is 1. The zero-order chi connectivity index (χ0) is 15.9. The molecule has 3 heteroatoms. The van der Waals surface area contributed by atoms with Gasteiger partial charge in [-0.3, -0.25) is 0 Å². The van der Waals surface area contributed by atoms with Crippen molar-refractivity contribution in [3.05, 3.63) is 87.6 Å². The molecule has 0 radical (unpaired) electrons. The first-order valence-electron chi connectivity index (χ1n) is 7.80. The van der Waals surface area contributed by atoms with E-state index in [0.717, 1.165) is 18.8 Å². The molecule has 0 bridgehead atoms. The van der Waals surface area contributed by atoms with Crippen molar-refractivity contribution in [1.29, 1.82) is 0 Å². The van der Waals surface area contributed by atoms with Crippen LogP contribution in [0.15, 0.2) is 66.0 Å². The van der Waals surface area contributed by atoms with Gasteiger partial charge in [0.15, 0.2) is 0 Å². The maximum Gasteiger partial charge on any atom is 0.120 e. The van der Waals surface area contributed by atoms with Crippen molar-refractivity contribution in [2.45, 2.75) is 26.6 Å². The molecule has 0 atom stereocenters. The summed E-state index contributed by atoms with van der Waals surface area (Å²) in [4.78, 5) is 1.36. The highest BCUT2D eigenvalue weighted by atomic mass is 32.1. The van der Waals surface area contributed by atoms with Gasteiger partial charge in [0.1, 0.15) is 12.4 Å². The lowest BCUT2D eigenvalue weighted by Gasteiger charge is -2.09. The molecule has 0 spiro atoms. The smallest absolute Gasteiger partial charge is 0.120 e.